The molecule has 4 heteroatoms. The summed E-state index contributed by atoms with van der Waals surface area (Å²) in [6.45, 7) is 0. The molecule has 19 heavy (non-hydrogen) atoms. The van der Waals surface area contributed by atoms with Gasteiger partial charge in [-0.05, 0) is 58.3 Å². The Morgan fingerprint density at radius 3 is 2.68 bits per heavy atom. The SMILES string of the molecule is Clc1cc(C(Br)C2CCc3ccccc3C2)sc1Br. The van der Waals surface area contributed by atoms with Gasteiger partial charge in [0.1, 0.15) is 0 Å². The normalized spacial score (nSPS) is 20.1. The highest BCUT2D eigenvalue weighted by Gasteiger charge is 2.27. The second kappa shape index (κ2) is 5.88. The van der Waals surface area contributed by atoms with Gasteiger partial charge in [0.05, 0.1) is 13.6 Å². The van der Waals surface area contributed by atoms with Gasteiger partial charge in [0.2, 0.25) is 0 Å². The molecule has 1 aromatic heterocycles. The van der Waals surface area contributed by atoms with E-state index in [4.69, 9.17) is 11.6 Å². The van der Waals surface area contributed by atoms with Crippen molar-refractivity contribution in [3.8, 4) is 0 Å². The van der Waals surface area contributed by atoms with E-state index in [1.807, 2.05) is 0 Å². The summed E-state index contributed by atoms with van der Waals surface area (Å²) in [6.07, 6.45) is 3.57. The van der Waals surface area contributed by atoms with Crippen molar-refractivity contribution < 1.29 is 0 Å². The van der Waals surface area contributed by atoms with Gasteiger partial charge in [0.25, 0.3) is 0 Å². The lowest BCUT2D eigenvalue weighted by Gasteiger charge is -2.27. The average Bonchev–Trinajstić information content (AvgIpc) is 2.77. The summed E-state index contributed by atoms with van der Waals surface area (Å²) in [6, 6.07) is 10.9. The molecule has 0 radical (unpaired) electrons. The Kier molecular flexibility index (Phi) is 4.37. The van der Waals surface area contributed by atoms with Gasteiger partial charge in [0.15, 0.2) is 0 Å². The summed E-state index contributed by atoms with van der Waals surface area (Å²) >= 11 is 15.2. The summed E-state index contributed by atoms with van der Waals surface area (Å²) in [5.41, 5.74) is 3.02. The van der Waals surface area contributed by atoms with Crippen LogP contribution in [0.4, 0.5) is 0 Å². The zero-order valence-corrected chi connectivity index (χ0v) is 14.9. The second-order valence-electron chi connectivity index (χ2n) is 4.94. The van der Waals surface area contributed by atoms with Crippen LogP contribution in [0.1, 0.15) is 27.3 Å². The predicted octanol–water partition coefficient (Wildman–Crippen LogP) is 6.41. The third kappa shape index (κ3) is 2.94. The molecule has 2 unspecified atom stereocenters. The van der Waals surface area contributed by atoms with Gasteiger partial charge >= 0.3 is 0 Å². The molecular weight excluding hydrogens is 407 g/mol. The van der Waals surface area contributed by atoms with Gasteiger partial charge in [-0.2, -0.15) is 0 Å². The molecule has 0 N–H and O–H groups in total. The summed E-state index contributed by atoms with van der Waals surface area (Å²) in [5.74, 6) is 0.650. The number of aryl methyl sites for hydroxylation is 1. The predicted molar refractivity (Wildman–Crippen MR) is 90.7 cm³/mol. The lowest BCUT2D eigenvalue weighted by Crippen LogP contribution is -2.17. The van der Waals surface area contributed by atoms with Crippen LogP contribution in [-0.4, -0.2) is 0 Å². The minimum atomic E-state index is 0.398. The number of alkyl halides is 1. The van der Waals surface area contributed by atoms with Crippen molar-refractivity contribution in [2.45, 2.75) is 24.1 Å². The lowest BCUT2D eigenvalue weighted by atomic mass is 9.82. The van der Waals surface area contributed by atoms with Crippen molar-refractivity contribution in [3.05, 3.63) is 55.1 Å². The Labute approximate surface area is 139 Å². The summed E-state index contributed by atoms with van der Waals surface area (Å²) in [7, 11) is 0. The van der Waals surface area contributed by atoms with Crippen LogP contribution in [0.3, 0.4) is 0 Å². The van der Waals surface area contributed by atoms with Crippen molar-refractivity contribution in [1.82, 2.24) is 0 Å². The zero-order valence-electron chi connectivity index (χ0n) is 10.2. The van der Waals surface area contributed by atoms with Gasteiger partial charge in [-0.25, -0.2) is 0 Å². The molecule has 0 bridgehead atoms. The van der Waals surface area contributed by atoms with Gasteiger partial charge in [0, 0.05) is 4.88 Å². The minimum Gasteiger partial charge on any atom is -0.130 e. The van der Waals surface area contributed by atoms with E-state index in [2.05, 4.69) is 62.2 Å². The van der Waals surface area contributed by atoms with Crippen molar-refractivity contribution in [3.63, 3.8) is 0 Å². The third-order valence-electron chi connectivity index (χ3n) is 3.73. The van der Waals surface area contributed by atoms with E-state index in [-0.39, 0.29) is 0 Å². The smallest absolute Gasteiger partial charge is 0.0887 e. The van der Waals surface area contributed by atoms with Crippen molar-refractivity contribution in [2.75, 3.05) is 0 Å². The van der Waals surface area contributed by atoms with Gasteiger partial charge < -0.3 is 0 Å². The van der Waals surface area contributed by atoms with E-state index in [1.54, 1.807) is 11.3 Å². The maximum atomic E-state index is 6.14. The lowest BCUT2D eigenvalue weighted by molar-refractivity contribution is 0.456. The van der Waals surface area contributed by atoms with Crippen molar-refractivity contribution in [1.29, 1.82) is 0 Å². The quantitative estimate of drug-likeness (QED) is 0.493. The van der Waals surface area contributed by atoms with Crippen LogP contribution in [0, 0.1) is 5.92 Å². The Balaban J connectivity index is 1.81. The molecule has 0 spiro atoms. The first-order chi connectivity index (χ1) is 9.15. The monoisotopic (exact) mass is 418 g/mol. The highest BCUT2D eigenvalue weighted by molar-refractivity contribution is 9.11. The first-order valence-electron chi connectivity index (χ1n) is 6.30. The third-order valence-corrected chi connectivity index (χ3v) is 7.84. The fraction of sp³-hybridized carbons (Fsp3) is 0.333. The number of rotatable bonds is 2. The Bertz CT molecular complexity index is 574. The maximum Gasteiger partial charge on any atom is 0.0887 e. The summed E-state index contributed by atoms with van der Waals surface area (Å²) < 4.78 is 1.03. The fourth-order valence-electron chi connectivity index (χ4n) is 2.71. The molecule has 2 aromatic rings. The Morgan fingerprint density at radius 1 is 1.26 bits per heavy atom. The molecule has 0 amide bonds. The number of hydrogen-bond acceptors (Lipinski definition) is 1. The van der Waals surface area contributed by atoms with E-state index in [1.165, 1.54) is 28.8 Å². The van der Waals surface area contributed by atoms with Crippen LogP contribution in [-0.2, 0) is 12.8 Å². The molecular formula is C15H13Br2ClS. The van der Waals surface area contributed by atoms with E-state index < -0.39 is 0 Å². The van der Waals surface area contributed by atoms with Crippen LogP contribution in [0.2, 0.25) is 5.02 Å². The average molecular weight is 421 g/mol. The highest BCUT2D eigenvalue weighted by Crippen LogP contribution is 2.45. The maximum absolute atomic E-state index is 6.14. The number of halogens is 3. The van der Waals surface area contributed by atoms with Gasteiger partial charge in [-0.1, -0.05) is 51.8 Å². The molecule has 2 atom stereocenters. The molecule has 100 valence electrons. The molecule has 0 nitrogen and oxygen atoms in total. The van der Waals surface area contributed by atoms with Crippen molar-refractivity contribution in [2.24, 2.45) is 5.92 Å². The van der Waals surface area contributed by atoms with E-state index >= 15 is 0 Å². The molecule has 0 saturated carbocycles. The molecule has 0 saturated heterocycles. The van der Waals surface area contributed by atoms with E-state index in [0.717, 1.165) is 15.2 Å². The van der Waals surface area contributed by atoms with Gasteiger partial charge in [-0.3, -0.25) is 0 Å². The minimum absolute atomic E-state index is 0.398. The number of hydrogen-bond donors (Lipinski definition) is 0. The molecule has 1 aliphatic carbocycles. The Hall–Kier alpha value is 0.170. The number of thiophene rings is 1. The highest BCUT2D eigenvalue weighted by atomic mass is 79.9. The first kappa shape index (κ1) is 14.1. The van der Waals surface area contributed by atoms with Crippen molar-refractivity contribution >= 4 is 54.8 Å². The Morgan fingerprint density at radius 2 is 2.00 bits per heavy atom. The molecule has 3 rings (SSSR count). The number of benzene rings is 1. The zero-order chi connectivity index (χ0) is 13.4. The standard InChI is InChI=1S/C15H13Br2ClS/c16-14(13-8-12(18)15(17)19-13)11-6-5-9-3-1-2-4-10(9)7-11/h1-4,8,11,14H,5-7H2. The number of fused-ring (bicyclic) bond motifs is 1. The molecule has 0 aliphatic heterocycles. The van der Waals surface area contributed by atoms with Crippen LogP contribution in [0.25, 0.3) is 0 Å². The molecule has 1 aliphatic rings. The van der Waals surface area contributed by atoms with Crippen LogP contribution in [0.15, 0.2) is 34.1 Å². The van der Waals surface area contributed by atoms with Crippen LogP contribution >= 0.6 is 54.8 Å². The summed E-state index contributed by atoms with van der Waals surface area (Å²) in [5, 5.41) is 0.820. The molecule has 1 heterocycles. The molecule has 0 fully saturated rings. The fourth-order valence-corrected chi connectivity index (χ4v) is 5.39. The first-order valence-corrected chi connectivity index (χ1v) is 9.21. The molecule has 1 aromatic carbocycles. The largest absolute Gasteiger partial charge is 0.130 e. The topological polar surface area (TPSA) is 0 Å². The van der Waals surface area contributed by atoms with Gasteiger partial charge in [-0.15, -0.1) is 11.3 Å². The summed E-state index contributed by atoms with van der Waals surface area (Å²) in [4.78, 5) is 1.72. The van der Waals surface area contributed by atoms with E-state index in [9.17, 15) is 0 Å². The van der Waals surface area contributed by atoms with Crippen LogP contribution < -0.4 is 0 Å². The van der Waals surface area contributed by atoms with E-state index in [0.29, 0.717) is 10.7 Å². The van der Waals surface area contributed by atoms with Crippen LogP contribution in [0.5, 0.6) is 0 Å². The second-order valence-corrected chi connectivity index (χ2v) is 8.74.